The van der Waals surface area contributed by atoms with Gasteiger partial charge in [-0.3, -0.25) is 9.69 Å². The molecule has 0 atom stereocenters. The van der Waals surface area contributed by atoms with Crippen LogP contribution in [0.4, 0.5) is 0 Å². The topological polar surface area (TPSA) is 28.5 Å². The minimum absolute atomic E-state index is 0.215. The lowest BCUT2D eigenvalue weighted by Crippen LogP contribution is -2.50. The largest absolute Gasteiger partial charge is 0.349 e. The van der Waals surface area contributed by atoms with Crippen molar-refractivity contribution in [2.24, 2.45) is 0 Å². The maximum Gasteiger partial charge on any atom is 0.264 e. The highest BCUT2D eigenvalue weighted by molar-refractivity contribution is 7.20. The van der Waals surface area contributed by atoms with Crippen LogP contribution >= 0.6 is 11.3 Å². The van der Waals surface area contributed by atoms with Gasteiger partial charge < -0.3 is 9.47 Å². The molecule has 0 bridgehead atoms. The van der Waals surface area contributed by atoms with E-state index < -0.39 is 0 Å². The number of amides is 1. The Balaban J connectivity index is 1.46. The maximum atomic E-state index is 12.8. The van der Waals surface area contributed by atoms with Crippen molar-refractivity contribution in [2.45, 2.75) is 51.6 Å². The van der Waals surface area contributed by atoms with E-state index in [0.29, 0.717) is 12.1 Å². The quantitative estimate of drug-likeness (QED) is 0.842. The molecule has 2 aliphatic rings. The SMILES string of the molecule is CC(C)N1CCN(C(=O)c2cc3cn(C4CCCC4)cc3s2)CC1. The van der Waals surface area contributed by atoms with E-state index in [2.05, 4.69) is 41.8 Å². The summed E-state index contributed by atoms with van der Waals surface area (Å²) in [6.45, 7) is 8.12. The van der Waals surface area contributed by atoms with Crippen LogP contribution in [-0.2, 0) is 0 Å². The van der Waals surface area contributed by atoms with E-state index in [9.17, 15) is 4.79 Å². The van der Waals surface area contributed by atoms with Crippen LogP contribution in [-0.4, -0.2) is 52.5 Å². The molecule has 3 heterocycles. The molecule has 1 saturated carbocycles. The number of nitrogens with zero attached hydrogens (tertiary/aromatic N) is 3. The molecule has 0 aromatic carbocycles. The summed E-state index contributed by atoms with van der Waals surface area (Å²) < 4.78 is 3.63. The minimum atomic E-state index is 0.215. The van der Waals surface area contributed by atoms with Crippen LogP contribution in [0.2, 0.25) is 0 Å². The summed E-state index contributed by atoms with van der Waals surface area (Å²) >= 11 is 1.66. The zero-order valence-corrected chi connectivity index (χ0v) is 15.5. The summed E-state index contributed by atoms with van der Waals surface area (Å²) in [6.07, 6.45) is 9.80. The lowest BCUT2D eigenvalue weighted by atomic mass is 10.2. The van der Waals surface area contributed by atoms with Crippen molar-refractivity contribution in [1.29, 1.82) is 0 Å². The fourth-order valence-corrected chi connectivity index (χ4v) is 5.11. The summed E-state index contributed by atoms with van der Waals surface area (Å²) in [5.74, 6) is 0.215. The molecule has 4 nitrogen and oxygen atoms in total. The molecule has 130 valence electrons. The van der Waals surface area contributed by atoms with E-state index in [-0.39, 0.29) is 5.91 Å². The normalized spacial score (nSPS) is 20.5. The number of rotatable bonds is 3. The first kappa shape index (κ1) is 16.2. The van der Waals surface area contributed by atoms with Gasteiger partial charge in [-0.05, 0) is 32.8 Å². The Morgan fingerprint density at radius 3 is 2.46 bits per heavy atom. The van der Waals surface area contributed by atoms with Gasteiger partial charge in [0.2, 0.25) is 0 Å². The van der Waals surface area contributed by atoms with Crippen molar-refractivity contribution in [1.82, 2.24) is 14.4 Å². The third-order valence-electron chi connectivity index (χ3n) is 5.63. The van der Waals surface area contributed by atoms with Gasteiger partial charge in [-0.25, -0.2) is 0 Å². The van der Waals surface area contributed by atoms with Gasteiger partial charge in [0, 0.05) is 56.0 Å². The molecule has 1 aliphatic carbocycles. The fourth-order valence-electron chi connectivity index (χ4n) is 4.07. The number of hydrogen-bond donors (Lipinski definition) is 0. The summed E-state index contributed by atoms with van der Waals surface area (Å²) in [7, 11) is 0. The van der Waals surface area contributed by atoms with E-state index in [1.165, 1.54) is 35.8 Å². The van der Waals surface area contributed by atoms with Crippen LogP contribution in [0.1, 0.15) is 55.2 Å². The lowest BCUT2D eigenvalue weighted by Gasteiger charge is -2.36. The molecule has 2 aromatic heterocycles. The zero-order valence-electron chi connectivity index (χ0n) is 14.7. The predicted molar refractivity (Wildman–Crippen MR) is 99.9 cm³/mol. The van der Waals surface area contributed by atoms with Gasteiger partial charge in [-0.15, -0.1) is 11.3 Å². The Bertz CT molecular complexity index is 687. The Morgan fingerprint density at radius 1 is 1.12 bits per heavy atom. The Hall–Kier alpha value is -1.33. The highest BCUT2D eigenvalue weighted by Gasteiger charge is 2.25. The van der Waals surface area contributed by atoms with E-state index in [4.69, 9.17) is 0 Å². The third kappa shape index (κ3) is 3.00. The molecule has 0 spiro atoms. The Morgan fingerprint density at radius 2 is 1.83 bits per heavy atom. The molecule has 0 radical (unpaired) electrons. The number of carbonyl (C=O) groups is 1. The number of piperazine rings is 1. The molecular formula is C19H27N3OS. The summed E-state index contributed by atoms with van der Waals surface area (Å²) in [5.41, 5.74) is 0. The number of aromatic nitrogens is 1. The van der Waals surface area contributed by atoms with E-state index in [0.717, 1.165) is 31.1 Å². The minimum Gasteiger partial charge on any atom is -0.349 e. The predicted octanol–water partition coefficient (Wildman–Crippen LogP) is 3.98. The fraction of sp³-hybridized carbons (Fsp3) is 0.632. The Labute approximate surface area is 148 Å². The number of thiophene rings is 1. The molecule has 1 amide bonds. The molecule has 0 N–H and O–H groups in total. The molecule has 4 rings (SSSR count). The van der Waals surface area contributed by atoms with E-state index >= 15 is 0 Å². The number of carbonyl (C=O) groups excluding carboxylic acids is 1. The molecule has 2 aromatic rings. The summed E-state index contributed by atoms with van der Waals surface area (Å²) in [4.78, 5) is 18.2. The second-order valence-electron chi connectivity index (χ2n) is 7.50. The average Bonchev–Trinajstić information content (AvgIpc) is 3.29. The van der Waals surface area contributed by atoms with Crippen LogP contribution in [0.15, 0.2) is 18.5 Å². The van der Waals surface area contributed by atoms with Crippen LogP contribution in [0.3, 0.4) is 0 Å². The van der Waals surface area contributed by atoms with Crippen LogP contribution in [0, 0.1) is 0 Å². The number of fused-ring (bicyclic) bond motifs is 1. The van der Waals surface area contributed by atoms with E-state index in [1.54, 1.807) is 11.3 Å². The first-order valence-electron chi connectivity index (χ1n) is 9.26. The van der Waals surface area contributed by atoms with Crippen molar-refractivity contribution in [3.05, 3.63) is 23.3 Å². The van der Waals surface area contributed by atoms with Crippen LogP contribution in [0.5, 0.6) is 0 Å². The Kier molecular flexibility index (Phi) is 4.39. The zero-order chi connectivity index (χ0) is 16.7. The monoisotopic (exact) mass is 345 g/mol. The van der Waals surface area contributed by atoms with Crippen molar-refractivity contribution in [2.75, 3.05) is 26.2 Å². The summed E-state index contributed by atoms with van der Waals surface area (Å²) in [5, 5.41) is 1.23. The molecule has 2 fully saturated rings. The smallest absolute Gasteiger partial charge is 0.264 e. The first-order chi connectivity index (χ1) is 11.6. The van der Waals surface area contributed by atoms with Gasteiger partial charge >= 0.3 is 0 Å². The lowest BCUT2D eigenvalue weighted by molar-refractivity contribution is 0.0600. The van der Waals surface area contributed by atoms with Gasteiger partial charge in [0.05, 0.1) is 9.58 Å². The molecule has 5 heteroatoms. The molecule has 0 unspecified atom stereocenters. The van der Waals surface area contributed by atoms with Crippen LogP contribution in [0.25, 0.3) is 10.1 Å². The second-order valence-corrected chi connectivity index (χ2v) is 8.58. The maximum absolute atomic E-state index is 12.8. The van der Waals surface area contributed by atoms with Gasteiger partial charge in [0.15, 0.2) is 0 Å². The average molecular weight is 346 g/mol. The van der Waals surface area contributed by atoms with E-state index in [1.807, 2.05) is 4.90 Å². The first-order valence-corrected chi connectivity index (χ1v) is 10.1. The highest BCUT2D eigenvalue weighted by atomic mass is 32.1. The third-order valence-corrected chi connectivity index (χ3v) is 6.71. The molecular weight excluding hydrogens is 318 g/mol. The van der Waals surface area contributed by atoms with Crippen molar-refractivity contribution >= 4 is 27.3 Å². The number of hydrogen-bond acceptors (Lipinski definition) is 3. The summed E-state index contributed by atoms with van der Waals surface area (Å²) in [6, 6.07) is 3.34. The van der Waals surface area contributed by atoms with Crippen LogP contribution < -0.4 is 0 Å². The van der Waals surface area contributed by atoms with Crippen molar-refractivity contribution in [3.8, 4) is 0 Å². The van der Waals surface area contributed by atoms with Gasteiger partial charge in [0.25, 0.3) is 5.91 Å². The molecule has 1 aliphatic heterocycles. The van der Waals surface area contributed by atoms with Crippen molar-refractivity contribution in [3.63, 3.8) is 0 Å². The highest BCUT2D eigenvalue weighted by Crippen LogP contribution is 2.34. The van der Waals surface area contributed by atoms with Gasteiger partial charge in [-0.2, -0.15) is 0 Å². The standard InChI is InChI=1S/C19H27N3OS/c1-14(2)20-7-9-21(10-8-20)19(23)17-11-15-12-22(13-18(15)24-17)16-5-3-4-6-16/h11-14,16H,3-10H2,1-2H3. The molecule has 24 heavy (non-hydrogen) atoms. The van der Waals surface area contributed by atoms with Gasteiger partial charge in [0.1, 0.15) is 0 Å². The second kappa shape index (κ2) is 6.52. The molecule has 1 saturated heterocycles. The van der Waals surface area contributed by atoms with Gasteiger partial charge in [-0.1, -0.05) is 12.8 Å². The van der Waals surface area contributed by atoms with Crippen molar-refractivity contribution < 1.29 is 4.79 Å².